The Morgan fingerprint density at radius 3 is 2.41 bits per heavy atom. The van der Waals surface area contributed by atoms with Crippen molar-refractivity contribution in [2.45, 2.75) is 13.1 Å². The fourth-order valence-corrected chi connectivity index (χ4v) is 2.49. The van der Waals surface area contributed by atoms with Crippen LogP contribution in [0.2, 0.25) is 0 Å². The van der Waals surface area contributed by atoms with Crippen LogP contribution in [-0.2, 0) is 6.18 Å². The van der Waals surface area contributed by atoms with Crippen molar-refractivity contribution in [2.24, 2.45) is 0 Å². The van der Waals surface area contributed by atoms with Crippen LogP contribution in [0.25, 0.3) is 0 Å². The van der Waals surface area contributed by atoms with Gasteiger partial charge >= 0.3 is 6.18 Å². The van der Waals surface area contributed by atoms with E-state index < -0.39 is 17.6 Å². The van der Waals surface area contributed by atoms with Crippen molar-refractivity contribution in [1.82, 2.24) is 9.97 Å². The zero-order valence-electron chi connectivity index (χ0n) is 15.1. The molecule has 3 rings (SSSR count). The van der Waals surface area contributed by atoms with Crippen molar-refractivity contribution >= 4 is 23.1 Å². The Labute approximate surface area is 164 Å². The summed E-state index contributed by atoms with van der Waals surface area (Å²) in [5.74, 6) is -0.0352. The zero-order chi connectivity index (χ0) is 21.0. The van der Waals surface area contributed by atoms with Crippen LogP contribution in [0, 0.1) is 18.3 Å². The predicted molar refractivity (Wildman–Crippen MR) is 101 cm³/mol. The number of amides is 1. The van der Waals surface area contributed by atoms with Crippen molar-refractivity contribution in [3.63, 3.8) is 0 Å². The second kappa shape index (κ2) is 7.98. The number of halogens is 3. The highest BCUT2D eigenvalue weighted by Crippen LogP contribution is 2.30. The van der Waals surface area contributed by atoms with E-state index in [1.165, 1.54) is 18.2 Å². The largest absolute Gasteiger partial charge is 0.416 e. The molecule has 1 heterocycles. The number of aromatic nitrogens is 2. The van der Waals surface area contributed by atoms with Gasteiger partial charge in [0.05, 0.1) is 17.2 Å². The number of aryl methyl sites for hydroxylation is 1. The Hall–Kier alpha value is -3.93. The van der Waals surface area contributed by atoms with Crippen molar-refractivity contribution < 1.29 is 18.0 Å². The monoisotopic (exact) mass is 397 g/mol. The molecule has 0 unspecified atom stereocenters. The molecule has 146 valence electrons. The molecule has 1 aromatic heterocycles. The number of hydrogen-bond donors (Lipinski definition) is 2. The van der Waals surface area contributed by atoms with Gasteiger partial charge in [-0.1, -0.05) is 6.07 Å². The Morgan fingerprint density at radius 1 is 1.03 bits per heavy atom. The van der Waals surface area contributed by atoms with Gasteiger partial charge in [0.15, 0.2) is 0 Å². The van der Waals surface area contributed by atoms with E-state index in [2.05, 4.69) is 20.6 Å². The lowest BCUT2D eigenvalue weighted by atomic mass is 10.2. The van der Waals surface area contributed by atoms with Crippen LogP contribution in [0.15, 0.2) is 54.6 Å². The quantitative estimate of drug-likeness (QED) is 0.668. The third kappa shape index (κ3) is 5.07. The molecule has 29 heavy (non-hydrogen) atoms. The Kier molecular flexibility index (Phi) is 5.45. The van der Waals surface area contributed by atoms with Gasteiger partial charge in [0.1, 0.15) is 17.3 Å². The highest BCUT2D eigenvalue weighted by molar-refractivity contribution is 6.03. The van der Waals surface area contributed by atoms with Gasteiger partial charge in [0, 0.05) is 17.4 Å². The molecule has 0 radical (unpaired) electrons. The van der Waals surface area contributed by atoms with Gasteiger partial charge in [-0.3, -0.25) is 4.79 Å². The number of anilines is 3. The first-order valence-electron chi connectivity index (χ1n) is 8.36. The number of hydrogen-bond acceptors (Lipinski definition) is 5. The predicted octanol–water partition coefficient (Wildman–Crippen LogP) is 4.67. The molecule has 0 saturated heterocycles. The minimum atomic E-state index is -4.51. The number of carbonyl (C=O) groups excluding carboxylic acids is 1. The minimum Gasteiger partial charge on any atom is -0.340 e. The Morgan fingerprint density at radius 2 is 1.76 bits per heavy atom. The average Bonchev–Trinajstić information content (AvgIpc) is 2.67. The van der Waals surface area contributed by atoms with Crippen LogP contribution in [0.3, 0.4) is 0 Å². The number of carbonyl (C=O) groups is 1. The molecule has 0 saturated carbocycles. The smallest absolute Gasteiger partial charge is 0.340 e. The van der Waals surface area contributed by atoms with Crippen LogP contribution in [-0.4, -0.2) is 15.9 Å². The van der Waals surface area contributed by atoms with Crippen LogP contribution >= 0.6 is 0 Å². The van der Waals surface area contributed by atoms with Crippen molar-refractivity contribution in [3.8, 4) is 6.07 Å². The van der Waals surface area contributed by atoms with Gasteiger partial charge in [0.25, 0.3) is 5.91 Å². The van der Waals surface area contributed by atoms with Gasteiger partial charge in [-0.15, -0.1) is 0 Å². The van der Waals surface area contributed by atoms with E-state index in [-0.39, 0.29) is 11.4 Å². The third-order valence-electron chi connectivity index (χ3n) is 3.80. The number of nitrogens with zero attached hydrogens (tertiary/aromatic N) is 3. The van der Waals surface area contributed by atoms with Crippen LogP contribution < -0.4 is 10.6 Å². The van der Waals surface area contributed by atoms with Gasteiger partial charge < -0.3 is 10.6 Å². The maximum Gasteiger partial charge on any atom is 0.416 e. The highest BCUT2D eigenvalue weighted by atomic mass is 19.4. The maximum absolute atomic E-state index is 12.8. The molecule has 0 aliphatic carbocycles. The van der Waals surface area contributed by atoms with E-state index >= 15 is 0 Å². The van der Waals surface area contributed by atoms with Gasteiger partial charge in [-0.05, 0) is 49.4 Å². The molecule has 0 aliphatic rings. The zero-order valence-corrected chi connectivity index (χ0v) is 15.1. The summed E-state index contributed by atoms with van der Waals surface area (Å²) in [6.45, 7) is 1.59. The molecular formula is C20H14F3N5O. The first kappa shape index (κ1) is 19.8. The summed E-state index contributed by atoms with van der Waals surface area (Å²) in [4.78, 5) is 20.7. The molecular weight excluding hydrogens is 383 g/mol. The van der Waals surface area contributed by atoms with E-state index in [0.717, 1.165) is 12.1 Å². The van der Waals surface area contributed by atoms with E-state index in [9.17, 15) is 18.0 Å². The highest BCUT2D eigenvalue weighted by Gasteiger charge is 2.30. The number of alkyl halides is 3. The second-order valence-corrected chi connectivity index (χ2v) is 6.03. The number of nitrogens with one attached hydrogen (secondary N) is 2. The van der Waals surface area contributed by atoms with E-state index in [1.54, 1.807) is 31.2 Å². The summed E-state index contributed by atoms with van der Waals surface area (Å²) in [6.07, 6.45) is -4.51. The molecule has 2 aromatic carbocycles. The molecule has 6 nitrogen and oxygen atoms in total. The van der Waals surface area contributed by atoms with E-state index in [0.29, 0.717) is 22.9 Å². The lowest BCUT2D eigenvalue weighted by Crippen LogP contribution is -2.16. The molecule has 9 heteroatoms. The first-order valence-corrected chi connectivity index (χ1v) is 8.36. The van der Waals surface area contributed by atoms with Crippen molar-refractivity contribution in [3.05, 3.63) is 77.2 Å². The fraction of sp³-hybridized carbons (Fsp3) is 0.100. The lowest BCUT2D eigenvalue weighted by Gasteiger charge is -2.11. The van der Waals surface area contributed by atoms with Crippen molar-refractivity contribution in [2.75, 3.05) is 10.6 Å². The molecule has 1 amide bonds. The molecule has 0 fully saturated rings. The summed E-state index contributed by atoms with van der Waals surface area (Å²) >= 11 is 0. The maximum atomic E-state index is 12.8. The molecule has 0 bridgehead atoms. The number of rotatable bonds is 4. The normalized spacial score (nSPS) is 10.9. The Balaban J connectivity index is 1.80. The van der Waals surface area contributed by atoms with E-state index in [4.69, 9.17) is 5.26 Å². The lowest BCUT2D eigenvalue weighted by molar-refractivity contribution is -0.137. The van der Waals surface area contributed by atoms with Crippen LogP contribution in [0.1, 0.15) is 27.4 Å². The van der Waals surface area contributed by atoms with Crippen molar-refractivity contribution in [1.29, 1.82) is 5.26 Å². The summed E-state index contributed by atoms with van der Waals surface area (Å²) < 4.78 is 38.5. The standard InChI is InChI=1S/C20H14F3N5O/c1-12-25-17(10-18(26-12)27-15-7-5-13(11-24)6-8-15)19(29)28-16-4-2-3-14(9-16)20(21,22)23/h2-10H,1H3,(H,28,29)(H,25,26,27). The Bertz CT molecular complexity index is 1090. The average molecular weight is 397 g/mol. The second-order valence-electron chi connectivity index (χ2n) is 6.03. The summed E-state index contributed by atoms with van der Waals surface area (Å²) in [7, 11) is 0. The SMILES string of the molecule is Cc1nc(Nc2ccc(C#N)cc2)cc(C(=O)Nc2cccc(C(F)(F)F)c2)n1. The molecule has 0 aliphatic heterocycles. The van der Waals surface area contributed by atoms with E-state index in [1.807, 2.05) is 6.07 Å². The summed E-state index contributed by atoms with van der Waals surface area (Å²) in [6, 6.07) is 14.3. The number of nitriles is 1. The summed E-state index contributed by atoms with van der Waals surface area (Å²) in [5, 5.41) is 14.2. The topological polar surface area (TPSA) is 90.7 Å². The molecule has 2 N–H and O–H groups in total. The first-order chi connectivity index (χ1) is 13.7. The third-order valence-corrected chi connectivity index (χ3v) is 3.80. The van der Waals surface area contributed by atoms with Crippen LogP contribution in [0.5, 0.6) is 0 Å². The molecule has 0 spiro atoms. The molecule has 3 aromatic rings. The van der Waals surface area contributed by atoms with Crippen LogP contribution in [0.4, 0.5) is 30.4 Å². The van der Waals surface area contributed by atoms with Gasteiger partial charge in [0.2, 0.25) is 0 Å². The van der Waals surface area contributed by atoms with Gasteiger partial charge in [-0.25, -0.2) is 9.97 Å². The summed E-state index contributed by atoms with van der Waals surface area (Å²) in [5.41, 5.74) is 0.271. The fourth-order valence-electron chi connectivity index (χ4n) is 2.49. The molecule has 0 atom stereocenters. The van der Waals surface area contributed by atoms with Gasteiger partial charge in [-0.2, -0.15) is 18.4 Å². The minimum absolute atomic E-state index is 0.00249. The number of benzene rings is 2.